The highest BCUT2D eigenvalue weighted by atomic mass is 35.5. The van der Waals surface area contributed by atoms with Crippen LogP contribution < -0.4 is 10.6 Å². The number of nitrogens with zero attached hydrogens (tertiary/aromatic N) is 2. The number of amides is 3. The van der Waals surface area contributed by atoms with E-state index in [-0.39, 0.29) is 18.0 Å². The monoisotopic (exact) mass is 364 g/mol. The standard InChI is InChI=1S/C16H17ClN4O2S/c17-10-3-4-13-11(7-10)12(20-24-13)8-19-16(23)21-6-5-18-15(22)14(21)9-1-2-9/h3-4,7,9,14H,1-2,5-6,8H2,(H,18,22)(H,19,23). The van der Waals surface area contributed by atoms with Gasteiger partial charge in [0.2, 0.25) is 5.91 Å². The van der Waals surface area contributed by atoms with E-state index in [2.05, 4.69) is 15.0 Å². The van der Waals surface area contributed by atoms with Crippen LogP contribution in [0.5, 0.6) is 0 Å². The van der Waals surface area contributed by atoms with Gasteiger partial charge in [0.1, 0.15) is 6.04 Å². The first-order valence-corrected chi connectivity index (χ1v) is 9.14. The number of hydrogen-bond donors (Lipinski definition) is 2. The van der Waals surface area contributed by atoms with Crippen LogP contribution >= 0.6 is 23.1 Å². The number of fused-ring (bicyclic) bond motifs is 1. The van der Waals surface area contributed by atoms with Gasteiger partial charge in [-0.3, -0.25) is 4.79 Å². The van der Waals surface area contributed by atoms with Crippen molar-refractivity contribution in [3.05, 3.63) is 28.9 Å². The summed E-state index contributed by atoms with van der Waals surface area (Å²) >= 11 is 7.43. The molecule has 2 fully saturated rings. The van der Waals surface area contributed by atoms with E-state index >= 15 is 0 Å². The second kappa shape index (κ2) is 6.22. The Balaban J connectivity index is 1.47. The van der Waals surface area contributed by atoms with Gasteiger partial charge in [0, 0.05) is 23.5 Å². The molecular formula is C16H17ClN4O2S. The third-order valence-corrected chi connectivity index (χ3v) is 5.60. The first kappa shape index (κ1) is 15.7. The summed E-state index contributed by atoms with van der Waals surface area (Å²) in [5, 5.41) is 7.37. The van der Waals surface area contributed by atoms with Crippen molar-refractivity contribution in [3.8, 4) is 0 Å². The van der Waals surface area contributed by atoms with Gasteiger partial charge in [0.15, 0.2) is 0 Å². The number of carbonyl (C=O) groups excluding carboxylic acids is 2. The first-order chi connectivity index (χ1) is 11.6. The molecule has 1 aromatic carbocycles. The molecule has 6 nitrogen and oxygen atoms in total. The van der Waals surface area contributed by atoms with Crippen LogP contribution in [0.25, 0.3) is 10.1 Å². The quantitative estimate of drug-likeness (QED) is 0.878. The molecule has 2 heterocycles. The zero-order chi connectivity index (χ0) is 16.7. The SMILES string of the molecule is O=C1NCCN(C(=O)NCc2nsc3ccc(Cl)cc23)C1C1CC1. The Bertz CT molecular complexity index is 804. The van der Waals surface area contributed by atoms with E-state index in [1.165, 1.54) is 11.5 Å². The summed E-state index contributed by atoms with van der Waals surface area (Å²) < 4.78 is 5.44. The highest BCUT2D eigenvalue weighted by molar-refractivity contribution is 7.13. The second-order valence-corrected chi connectivity index (χ2v) is 7.44. The third-order valence-electron chi connectivity index (χ3n) is 4.50. The fraction of sp³-hybridized carbons (Fsp3) is 0.438. The van der Waals surface area contributed by atoms with Gasteiger partial charge in [-0.1, -0.05) is 11.6 Å². The lowest BCUT2D eigenvalue weighted by atomic mass is 10.1. The largest absolute Gasteiger partial charge is 0.353 e. The number of aromatic nitrogens is 1. The fourth-order valence-electron chi connectivity index (χ4n) is 3.14. The summed E-state index contributed by atoms with van der Waals surface area (Å²) in [5.74, 6) is 0.264. The minimum atomic E-state index is -0.333. The van der Waals surface area contributed by atoms with Crippen molar-refractivity contribution >= 4 is 45.2 Å². The van der Waals surface area contributed by atoms with Crippen LogP contribution in [0.2, 0.25) is 5.02 Å². The Morgan fingerprint density at radius 1 is 1.46 bits per heavy atom. The van der Waals surface area contributed by atoms with Crippen molar-refractivity contribution < 1.29 is 9.59 Å². The van der Waals surface area contributed by atoms with Gasteiger partial charge >= 0.3 is 6.03 Å². The lowest BCUT2D eigenvalue weighted by Gasteiger charge is -2.35. The Hall–Kier alpha value is -1.86. The van der Waals surface area contributed by atoms with Gasteiger partial charge in [0.05, 0.1) is 16.9 Å². The van der Waals surface area contributed by atoms with Gasteiger partial charge in [-0.05, 0) is 48.5 Å². The molecule has 1 saturated carbocycles. The average molecular weight is 365 g/mol. The maximum atomic E-state index is 12.6. The highest BCUT2D eigenvalue weighted by Crippen LogP contribution is 2.36. The van der Waals surface area contributed by atoms with Gasteiger partial charge in [-0.2, -0.15) is 4.37 Å². The molecule has 1 unspecified atom stereocenters. The molecule has 126 valence electrons. The molecule has 2 aromatic rings. The Kier molecular flexibility index (Phi) is 4.05. The number of hydrogen-bond acceptors (Lipinski definition) is 4. The van der Waals surface area contributed by atoms with Gasteiger partial charge in [-0.15, -0.1) is 0 Å². The van der Waals surface area contributed by atoms with Crippen molar-refractivity contribution in [2.45, 2.75) is 25.4 Å². The summed E-state index contributed by atoms with van der Waals surface area (Å²) in [6.07, 6.45) is 2.02. The van der Waals surface area contributed by atoms with Crippen LogP contribution in [0.3, 0.4) is 0 Å². The van der Waals surface area contributed by atoms with Crippen LogP contribution in [-0.4, -0.2) is 40.3 Å². The maximum absolute atomic E-state index is 12.6. The second-order valence-electron chi connectivity index (χ2n) is 6.20. The van der Waals surface area contributed by atoms with Gasteiger partial charge in [0.25, 0.3) is 0 Å². The highest BCUT2D eigenvalue weighted by Gasteiger charge is 2.43. The maximum Gasteiger partial charge on any atom is 0.318 e. The summed E-state index contributed by atoms with van der Waals surface area (Å²) in [7, 11) is 0. The van der Waals surface area contributed by atoms with Gasteiger partial charge < -0.3 is 15.5 Å². The van der Waals surface area contributed by atoms with E-state index in [0.29, 0.717) is 30.6 Å². The van der Waals surface area contributed by atoms with Crippen molar-refractivity contribution in [2.24, 2.45) is 5.92 Å². The number of benzene rings is 1. The molecule has 4 rings (SSSR count). The van der Waals surface area contributed by atoms with Crippen molar-refractivity contribution in [1.29, 1.82) is 0 Å². The molecule has 1 saturated heterocycles. The van der Waals surface area contributed by atoms with Crippen molar-refractivity contribution in [1.82, 2.24) is 19.9 Å². The summed E-state index contributed by atoms with van der Waals surface area (Å²) in [4.78, 5) is 26.3. The minimum absolute atomic E-state index is 0.0372. The Labute approximate surface area is 148 Å². The van der Waals surface area contributed by atoms with E-state index in [1.54, 1.807) is 4.90 Å². The van der Waals surface area contributed by atoms with Crippen molar-refractivity contribution in [2.75, 3.05) is 13.1 Å². The molecule has 0 radical (unpaired) electrons. The van der Waals surface area contributed by atoms with Crippen LogP contribution in [0, 0.1) is 5.92 Å². The number of piperazine rings is 1. The Morgan fingerprint density at radius 3 is 3.08 bits per heavy atom. The zero-order valence-electron chi connectivity index (χ0n) is 12.9. The Morgan fingerprint density at radius 2 is 2.29 bits per heavy atom. The molecule has 8 heteroatoms. The number of carbonyl (C=O) groups is 2. The molecule has 0 spiro atoms. The molecule has 0 bridgehead atoms. The van der Waals surface area contributed by atoms with E-state index in [4.69, 9.17) is 11.6 Å². The average Bonchev–Trinajstić information content (AvgIpc) is 3.33. The number of rotatable bonds is 3. The summed E-state index contributed by atoms with van der Waals surface area (Å²) in [5.41, 5.74) is 0.801. The van der Waals surface area contributed by atoms with Crippen molar-refractivity contribution in [3.63, 3.8) is 0 Å². The number of nitrogens with one attached hydrogen (secondary N) is 2. The molecule has 3 amide bonds. The molecule has 24 heavy (non-hydrogen) atoms. The molecule has 1 atom stereocenters. The normalized spacial score (nSPS) is 21.0. The van der Waals surface area contributed by atoms with Crippen LogP contribution in [0.15, 0.2) is 18.2 Å². The molecule has 1 aromatic heterocycles. The minimum Gasteiger partial charge on any atom is -0.353 e. The molecule has 1 aliphatic heterocycles. The predicted molar refractivity (Wildman–Crippen MR) is 93.1 cm³/mol. The lowest BCUT2D eigenvalue weighted by molar-refractivity contribution is -0.128. The lowest BCUT2D eigenvalue weighted by Crippen LogP contribution is -2.60. The van der Waals surface area contributed by atoms with Crippen LogP contribution in [0.4, 0.5) is 4.79 Å². The van der Waals surface area contributed by atoms with Crippen LogP contribution in [0.1, 0.15) is 18.5 Å². The molecule has 2 aliphatic rings. The predicted octanol–water partition coefficient (Wildman–Crippen LogP) is 2.37. The number of halogens is 1. The van der Waals surface area contributed by atoms with Gasteiger partial charge in [-0.25, -0.2) is 4.79 Å². The third kappa shape index (κ3) is 2.93. The van der Waals surface area contributed by atoms with E-state index < -0.39 is 0 Å². The zero-order valence-corrected chi connectivity index (χ0v) is 14.5. The van der Waals surface area contributed by atoms with E-state index in [9.17, 15) is 9.59 Å². The molecular weight excluding hydrogens is 348 g/mol. The topological polar surface area (TPSA) is 74.3 Å². The van der Waals surface area contributed by atoms with Crippen LogP contribution in [-0.2, 0) is 11.3 Å². The first-order valence-electron chi connectivity index (χ1n) is 7.99. The fourth-order valence-corrected chi connectivity index (χ4v) is 4.09. The van der Waals surface area contributed by atoms with E-state index in [1.807, 2.05) is 18.2 Å². The number of urea groups is 1. The molecule has 2 N–H and O–H groups in total. The smallest absolute Gasteiger partial charge is 0.318 e. The summed E-state index contributed by atoms with van der Waals surface area (Å²) in [6, 6.07) is 5.09. The van der Waals surface area contributed by atoms with E-state index in [0.717, 1.165) is 28.6 Å². The molecule has 1 aliphatic carbocycles. The summed E-state index contributed by atoms with van der Waals surface area (Å²) in [6.45, 7) is 1.38.